The van der Waals surface area contributed by atoms with Crippen LogP contribution in [0, 0.1) is 5.82 Å². The van der Waals surface area contributed by atoms with Gasteiger partial charge in [-0.2, -0.15) is 0 Å². The van der Waals surface area contributed by atoms with Gasteiger partial charge in [-0.1, -0.05) is 0 Å². The third-order valence-corrected chi connectivity index (χ3v) is 3.52. The van der Waals surface area contributed by atoms with Crippen LogP contribution in [0.2, 0.25) is 0 Å². The van der Waals surface area contributed by atoms with Crippen LogP contribution < -0.4 is 10.1 Å². The Morgan fingerprint density at radius 1 is 1.43 bits per heavy atom. The van der Waals surface area contributed by atoms with Crippen LogP contribution in [-0.2, 0) is 0 Å². The maximum Gasteiger partial charge on any atom is 0.160 e. The van der Waals surface area contributed by atoms with Gasteiger partial charge in [-0.25, -0.2) is 4.39 Å². The molecule has 0 unspecified atom stereocenters. The van der Waals surface area contributed by atoms with Crippen molar-refractivity contribution in [1.29, 1.82) is 0 Å². The number of hydrogen-bond acceptors (Lipinski definition) is 2. The Bertz CT molecular complexity index is 403. The van der Waals surface area contributed by atoms with Crippen molar-refractivity contribution >= 4 is 21.6 Å². The van der Waals surface area contributed by atoms with Gasteiger partial charge in [0.25, 0.3) is 0 Å². The van der Waals surface area contributed by atoms with Gasteiger partial charge in [-0.15, -0.1) is 0 Å². The van der Waals surface area contributed by atoms with E-state index >= 15 is 0 Å². The Balaban J connectivity index is 2.09. The standard InChI is InChI=1S/C10H9BrFNO/c11-8-6(12)1-2-7-9(8)14-10(3-4-10)5-13-7/h1-2,13H,3-5H2. The van der Waals surface area contributed by atoms with Crippen LogP contribution in [-0.4, -0.2) is 12.1 Å². The van der Waals surface area contributed by atoms with Crippen molar-refractivity contribution in [2.24, 2.45) is 0 Å². The zero-order valence-corrected chi connectivity index (χ0v) is 9.03. The summed E-state index contributed by atoms with van der Waals surface area (Å²) in [6, 6.07) is 3.15. The minimum Gasteiger partial charge on any atom is -0.482 e. The summed E-state index contributed by atoms with van der Waals surface area (Å²) in [4.78, 5) is 0. The number of anilines is 1. The zero-order chi connectivity index (χ0) is 9.76. The number of hydrogen-bond donors (Lipinski definition) is 1. The highest BCUT2D eigenvalue weighted by atomic mass is 79.9. The number of halogens is 2. The fourth-order valence-corrected chi connectivity index (χ4v) is 2.12. The lowest BCUT2D eigenvalue weighted by Gasteiger charge is -2.28. The molecule has 14 heavy (non-hydrogen) atoms. The zero-order valence-electron chi connectivity index (χ0n) is 7.44. The van der Waals surface area contributed by atoms with Gasteiger partial charge in [0, 0.05) is 0 Å². The van der Waals surface area contributed by atoms with Gasteiger partial charge in [0.15, 0.2) is 5.75 Å². The van der Waals surface area contributed by atoms with Crippen molar-refractivity contribution in [1.82, 2.24) is 0 Å². The average Bonchev–Trinajstić information content (AvgIpc) is 2.93. The minimum absolute atomic E-state index is 0.0523. The highest BCUT2D eigenvalue weighted by Gasteiger charge is 2.48. The predicted molar refractivity (Wildman–Crippen MR) is 55.2 cm³/mol. The molecule has 1 N–H and O–H groups in total. The molecule has 1 aromatic carbocycles. The molecule has 2 aliphatic rings. The number of fused-ring (bicyclic) bond motifs is 1. The molecule has 3 rings (SSSR count). The largest absolute Gasteiger partial charge is 0.482 e. The Morgan fingerprint density at radius 2 is 2.21 bits per heavy atom. The Hall–Kier alpha value is -0.770. The summed E-state index contributed by atoms with van der Waals surface area (Å²) in [7, 11) is 0. The quantitative estimate of drug-likeness (QED) is 0.772. The van der Waals surface area contributed by atoms with Gasteiger partial charge in [0.2, 0.25) is 0 Å². The van der Waals surface area contributed by atoms with Crippen LogP contribution in [0.1, 0.15) is 12.8 Å². The van der Waals surface area contributed by atoms with E-state index in [1.807, 2.05) is 0 Å². The van der Waals surface area contributed by atoms with Gasteiger partial charge in [0.05, 0.1) is 16.7 Å². The van der Waals surface area contributed by atoms with E-state index in [9.17, 15) is 4.39 Å². The first-order valence-corrected chi connectivity index (χ1v) is 5.40. The first-order chi connectivity index (χ1) is 6.70. The molecule has 1 aromatic rings. The van der Waals surface area contributed by atoms with Crippen LogP contribution in [0.3, 0.4) is 0 Å². The summed E-state index contributed by atoms with van der Waals surface area (Å²) in [5.41, 5.74) is 0.819. The Morgan fingerprint density at radius 3 is 2.93 bits per heavy atom. The van der Waals surface area contributed by atoms with Gasteiger partial charge >= 0.3 is 0 Å². The van der Waals surface area contributed by atoms with Crippen molar-refractivity contribution in [3.05, 3.63) is 22.4 Å². The van der Waals surface area contributed by atoms with Gasteiger partial charge in [-0.05, 0) is 40.9 Å². The van der Waals surface area contributed by atoms with Gasteiger partial charge in [-0.3, -0.25) is 0 Å². The van der Waals surface area contributed by atoms with E-state index in [1.54, 1.807) is 6.07 Å². The molecular formula is C10H9BrFNO. The molecule has 1 saturated carbocycles. The number of rotatable bonds is 0. The molecule has 1 heterocycles. The molecule has 0 radical (unpaired) electrons. The second-order valence-corrected chi connectivity index (χ2v) is 4.67. The third-order valence-electron chi connectivity index (χ3n) is 2.78. The lowest BCUT2D eigenvalue weighted by Crippen LogP contribution is -2.32. The average molecular weight is 258 g/mol. The number of nitrogens with one attached hydrogen (secondary N) is 1. The predicted octanol–water partition coefficient (Wildman–Crippen LogP) is 2.93. The SMILES string of the molecule is Fc1ccc2c(c1Br)OC1(CC1)CN2. The molecule has 0 bridgehead atoms. The van der Waals surface area contributed by atoms with Crippen molar-refractivity contribution < 1.29 is 9.13 Å². The lowest BCUT2D eigenvalue weighted by molar-refractivity contribution is 0.182. The molecule has 1 fully saturated rings. The summed E-state index contributed by atoms with van der Waals surface area (Å²) in [5, 5.41) is 3.26. The van der Waals surface area contributed by atoms with Gasteiger partial charge < -0.3 is 10.1 Å². The van der Waals surface area contributed by atoms with Crippen LogP contribution in [0.4, 0.5) is 10.1 Å². The first-order valence-electron chi connectivity index (χ1n) is 4.61. The van der Waals surface area contributed by atoms with Crippen LogP contribution in [0.25, 0.3) is 0 Å². The highest BCUT2D eigenvalue weighted by molar-refractivity contribution is 9.10. The summed E-state index contributed by atoms with van der Waals surface area (Å²) < 4.78 is 19.4. The molecule has 1 spiro atoms. The summed E-state index contributed by atoms with van der Waals surface area (Å²) in [6.45, 7) is 0.831. The topological polar surface area (TPSA) is 21.3 Å². The van der Waals surface area contributed by atoms with Crippen LogP contribution >= 0.6 is 15.9 Å². The number of ether oxygens (including phenoxy) is 1. The molecule has 0 atom stereocenters. The summed E-state index contributed by atoms with van der Waals surface area (Å²) in [5.74, 6) is 0.344. The summed E-state index contributed by atoms with van der Waals surface area (Å²) >= 11 is 3.21. The fourth-order valence-electron chi connectivity index (χ4n) is 1.70. The van der Waals surface area contributed by atoms with E-state index in [-0.39, 0.29) is 11.4 Å². The first kappa shape index (κ1) is 8.53. The minimum atomic E-state index is -0.275. The highest BCUT2D eigenvalue weighted by Crippen LogP contribution is 2.48. The van der Waals surface area contributed by atoms with Crippen LogP contribution in [0.15, 0.2) is 16.6 Å². The fraction of sp³-hybridized carbons (Fsp3) is 0.400. The van der Waals surface area contributed by atoms with Crippen LogP contribution in [0.5, 0.6) is 5.75 Å². The van der Waals surface area contributed by atoms with Crippen molar-refractivity contribution in [2.75, 3.05) is 11.9 Å². The Labute approximate surface area is 89.6 Å². The van der Waals surface area contributed by atoms with E-state index < -0.39 is 0 Å². The molecule has 0 amide bonds. The maximum absolute atomic E-state index is 13.2. The molecule has 0 aromatic heterocycles. The molecule has 1 aliphatic heterocycles. The molecule has 74 valence electrons. The van der Waals surface area contributed by atoms with E-state index in [1.165, 1.54) is 6.07 Å². The van der Waals surface area contributed by atoms with E-state index in [0.717, 1.165) is 25.1 Å². The van der Waals surface area contributed by atoms with Crippen molar-refractivity contribution in [3.63, 3.8) is 0 Å². The second kappa shape index (κ2) is 2.63. The van der Waals surface area contributed by atoms with E-state index in [2.05, 4.69) is 21.2 Å². The second-order valence-electron chi connectivity index (χ2n) is 3.88. The number of benzene rings is 1. The smallest absolute Gasteiger partial charge is 0.160 e. The molecule has 4 heteroatoms. The molecule has 1 aliphatic carbocycles. The van der Waals surface area contributed by atoms with E-state index in [4.69, 9.17) is 4.74 Å². The maximum atomic E-state index is 13.2. The third kappa shape index (κ3) is 1.13. The Kier molecular flexibility index (Phi) is 1.60. The van der Waals surface area contributed by atoms with E-state index in [0.29, 0.717) is 10.2 Å². The molecule has 0 saturated heterocycles. The van der Waals surface area contributed by atoms with Crippen molar-refractivity contribution in [2.45, 2.75) is 18.4 Å². The summed E-state index contributed by atoms with van der Waals surface area (Å²) in [6.07, 6.45) is 2.12. The normalized spacial score (nSPS) is 21.0. The molecular weight excluding hydrogens is 249 g/mol. The monoisotopic (exact) mass is 257 g/mol. The van der Waals surface area contributed by atoms with Crippen molar-refractivity contribution in [3.8, 4) is 5.75 Å². The van der Waals surface area contributed by atoms with Gasteiger partial charge in [0.1, 0.15) is 11.4 Å². The lowest BCUT2D eigenvalue weighted by atomic mass is 10.2. The molecule has 2 nitrogen and oxygen atoms in total.